The third-order valence-corrected chi connectivity index (χ3v) is 5.63. The molecule has 1 N–H and O–H groups in total. The Kier molecular flexibility index (Phi) is 5.14. The highest BCUT2D eigenvalue weighted by atomic mass is 79.9. The number of hydrogen-bond acceptors (Lipinski definition) is 2. The van der Waals surface area contributed by atoms with Crippen LogP contribution in [0.2, 0.25) is 0 Å². The first-order chi connectivity index (χ1) is 11.6. The fourth-order valence-corrected chi connectivity index (χ4v) is 3.93. The van der Waals surface area contributed by atoms with E-state index < -0.39 is 16.1 Å². The number of sulfonamides is 1. The Morgan fingerprint density at radius 3 is 1.62 bits per heavy atom. The average Bonchev–Trinajstić information content (AvgIpc) is 2.62. The smallest absolute Gasteiger partial charge is 0.207 e. The molecule has 0 fully saturated rings. The normalized spacial score (nSPS) is 11.6. The molecule has 0 heterocycles. The highest BCUT2D eigenvalue weighted by Crippen LogP contribution is 2.25. The third kappa shape index (κ3) is 3.93. The van der Waals surface area contributed by atoms with Crippen molar-refractivity contribution in [2.75, 3.05) is 0 Å². The van der Waals surface area contributed by atoms with Crippen molar-refractivity contribution in [1.82, 2.24) is 4.72 Å². The molecule has 3 rings (SSSR count). The molecule has 0 spiro atoms. The van der Waals surface area contributed by atoms with E-state index in [0.29, 0.717) is 0 Å². The van der Waals surface area contributed by atoms with Crippen molar-refractivity contribution in [3.8, 4) is 0 Å². The van der Waals surface area contributed by atoms with Crippen LogP contribution in [0, 0.1) is 0 Å². The lowest BCUT2D eigenvalue weighted by atomic mass is 10.00. The summed E-state index contributed by atoms with van der Waals surface area (Å²) >= 11 is 3.32. The minimum Gasteiger partial charge on any atom is -0.207 e. The molecule has 5 heteroatoms. The van der Waals surface area contributed by atoms with Crippen LogP contribution < -0.4 is 4.72 Å². The topological polar surface area (TPSA) is 46.2 Å². The minimum absolute atomic E-state index is 0.238. The van der Waals surface area contributed by atoms with Crippen LogP contribution in [-0.4, -0.2) is 8.42 Å². The predicted octanol–water partition coefficient (Wildman–Crippen LogP) is 4.52. The first kappa shape index (κ1) is 16.9. The Hall–Kier alpha value is -1.95. The van der Waals surface area contributed by atoms with E-state index in [2.05, 4.69) is 20.7 Å². The number of halogens is 1. The van der Waals surface area contributed by atoms with Gasteiger partial charge in [-0.1, -0.05) is 76.6 Å². The predicted molar refractivity (Wildman–Crippen MR) is 99.2 cm³/mol. The van der Waals surface area contributed by atoms with Gasteiger partial charge in [0, 0.05) is 4.47 Å². The highest BCUT2D eigenvalue weighted by Gasteiger charge is 2.22. The summed E-state index contributed by atoms with van der Waals surface area (Å²) in [7, 11) is -3.64. The molecule has 0 radical (unpaired) electrons. The molecule has 0 aliphatic heterocycles. The summed E-state index contributed by atoms with van der Waals surface area (Å²) in [4.78, 5) is 0.238. The molecule has 0 amide bonds. The van der Waals surface area contributed by atoms with Gasteiger partial charge in [0.25, 0.3) is 0 Å². The van der Waals surface area contributed by atoms with Gasteiger partial charge in [0.05, 0.1) is 10.9 Å². The molecule has 0 aliphatic carbocycles. The van der Waals surface area contributed by atoms with Gasteiger partial charge in [-0.05, 0) is 35.4 Å². The Morgan fingerprint density at radius 2 is 1.17 bits per heavy atom. The Bertz CT molecular complexity index is 856. The molecule has 122 valence electrons. The number of rotatable bonds is 5. The SMILES string of the molecule is O=S(=O)(NC(c1ccccc1)c1ccccc1)c1ccc(Br)cc1. The number of hydrogen-bond donors (Lipinski definition) is 1. The summed E-state index contributed by atoms with van der Waals surface area (Å²) in [5.41, 5.74) is 1.79. The molecule has 3 aromatic rings. The van der Waals surface area contributed by atoms with Gasteiger partial charge < -0.3 is 0 Å². The fraction of sp³-hybridized carbons (Fsp3) is 0.0526. The monoisotopic (exact) mass is 401 g/mol. The summed E-state index contributed by atoms with van der Waals surface area (Å²) < 4.78 is 29.2. The van der Waals surface area contributed by atoms with Crippen LogP contribution in [0.4, 0.5) is 0 Å². The summed E-state index contributed by atoms with van der Waals surface area (Å²) in [6.45, 7) is 0. The van der Waals surface area contributed by atoms with Crippen LogP contribution in [-0.2, 0) is 10.0 Å². The second kappa shape index (κ2) is 7.30. The maximum atomic E-state index is 12.8. The van der Waals surface area contributed by atoms with Crippen molar-refractivity contribution in [1.29, 1.82) is 0 Å². The van der Waals surface area contributed by atoms with Crippen molar-refractivity contribution >= 4 is 26.0 Å². The van der Waals surface area contributed by atoms with Crippen LogP contribution in [0.5, 0.6) is 0 Å². The fourth-order valence-electron chi connectivity index (χ4n) is 2.46. The number of benzene rings is 3. The standard InChI is InChI=1S/C19H16BrNO2S/c20-17-11-13-18(14-12-17)24(22,23)21-19(15-7-3-1-4-8-15)16-9-5-2-6-10-16/h1-14,19,21H. The van der Waals surface area contributed by atoms with Crippen molar-refractivity contribution in [3.05, 3.63) is 101 Å². The summed E-state index contributed by atoms with van der Waals surface area (Å²) in [5, 5.41) is 0. The van der Waals surface area contributed by atoms with E-state index in [1.165, 1.54) is 0 Å². The second-order valence-electron chi connectivity index (χ2n) is 5.33. The van der Waals surface area contributed by atoms with Crippen LogP contribution in [0.3, 0.4) is 0 Å². The Morgan fingerprint density at radius 1 is 0.708 bits per heavy atom. The molecule has 3 nitrogen and oxygen atoms in total. The molecule has 0 bridgehead atoms. The summed E-state index contributed by atoms with van der Waals surface area (Å²) in [5.74, 6) is 0. The van der Waals surface area contributed by atoms with Crippen LogP contribution in [0.25, 0.3) is 0 Å². The highest BCUT2D eigenvalue weighted by molar-refractivity contribution is 9.10. The van der Waals surface area contributed by atoms with Gasteiger partial charge in [0.2, 0.25) is 10.0 Å². The van der Waals surface area contributed by atoms with E-state index in [0.717, 1.165) is 15.6 Å². The van der Waals surface area contributed by atoms with Crippen molar-refractivity contribution in [2.24, 2.45) is 0 Å². The summed E-state index contributed by atoms with van der Waals surface area (Å²) in [6.07, 6.45) is 0. The Labute approximate surface area is 150 Å². The molecule has 0 saturated carbocycles. The zero-order valence-electron chi connectivity index (χ0n) is 12.8. The largest absolute Gasteiger partial charge is 0.241 e. The number of nitrogens with one attached hydrogen (secondary N) is 1. The molecular weight excluding hydrogens is 386 g/mol. The van der Waals surface area contributed by atoms with E-state index >= 15 is 0 Å². The van der Waals surface area contributed by atoms with Crippen LogP contribution >= 0.6 is 15.9 Å². The Balaban J connectivity index is 1.99. The van der Waals surface area contributed by atoms with E-state index in [1.54, 1.807) is 24.3 Å². The van der Waals surface area contributed by atoms with Crippen LogP contribution in [0.15, 0.2) is 94.3 Å². The molecule has 24 heavy (non-hydrogen) atoms. The second-order valence-corrected chi connectivity index (χ2v) is 7.96. The molecule has 0 unspecified atom stereocenters. The molecule has 0 aliphatic rings. The lowest BCUT2D eigenvalue weighted by molar-refractivity contribution is 0.572. The summed E-state index contributed by atoms with van der Waals surface area (Å²) in [6, 6.07) is 25.3. The quantitative estimate of drug-likeness (QED) is 0.682. The molecule has 0 atom stereocenters. The first-order valence-corrected chi connectivity index (χ1v) is 9.72. The average molecular weight is 402 g/mol. The van der Waals surface area contributed by atoms with Crippen molar-refractivity contribution < 1.29 is 8.42 Å². The van der Waals surface area contributed by atoms with E-state index in [4.69, 9.17) is 0 Å². The van der Waals surface area contributed by atoms with Gasteiger partial charge >= 0.3 is 0 Å². The van der Waals surface area contributed by atoms with E-state index in [1.807, 2.05) is 60.7 Å². The molecule has 3 aromatic carbocycles. The van der Waals surface area contributed by atoms with Gasteiger partial charge in [0.15, 0.2) is 0 Å². The zero-order chi connectivity index (χ0) is 17.0. The minimum atomic E-state index is -3.64. The third-order valence-electron chi connectivity index (χ3n) is 3.66. The molecular formula is C19H16BrNO2S. The van der Waals surface area contributed by atoms with Gasteiger partial charge in [-0.15, -0.1) is 0 Å². The zero-order valence-corrected chi connectivity index (χ0v) is 15.2. The van der Waals surface area contributed by atoms with Gasteiger partial charge in [0.1, 0.15) is 0 Å². The maximum Gasteiger partial charge on any atom is 0.241 e. The van der Waals surface area contributed by atoms with Crippen molar-refractivity contribution in [2.45, 2.75) is 10.9 Å². The van der Waals surface area contributed by atoms with Crippen LogP contribution in [0.1, 0.15) is 17.2 Å². The van der Waals surface area contributed by atoms with E-state index in [-0.39, 0.29) is 4.90 Å². The van der Waals surface area contributed by atoms with Crippen molar-refractivity contribution in [3.63, 3.8) is 0 Å². The maximum absolute atomic E-state index is 12.8. The van der Waals surface area contributed by atoms with Gasteiger partial charge in [-0.25, -0.2) is 8.42 Å². The van der Waals surface area contributed by atoms with Gasteiger partial charge in [-0.2, -0.15) is 4.72 Å². The first-order valence-electron chi connectivity index (χ1n) is 7.44. The molecule has 0 saturated heterocycles. The molecule has 0 aromatic heterocycles. The van der Waals surface area contributed by atoms with E-state index in [9.17, 15) is 8.42 Å². The lowest BCUT2D eigenvalue weighted by Crippen LogP contribution is -2.29. The van der Waals surface area contributed by atoms with Gasteiger partial charge in [-0.3, -0.25) is 0 Å². The lowest BCUT2D eigenvalue weighted by Gasteiger charge is -2.20.